The highest BCUT2D eigenvalue weighted by molar-refractivity contribution is 7.92. The van der Waals surface area contributed by atoms with E-state index in [9.17, 15) is 31.2 Å². The zero-order chi connectivity index (χ0) is 32.5. The number of amides is 2. The number of hydrazone groups is 1. The minimum Gasteiger partial charge on any atom is -0.484 e. The molecule has 0 saturated carbocycles. The van der Waals surface area contributed by atoms with Crippen LogP contribution in [0.2, 0.25) is 5.02 Å². The van der Waals surface area contributed by atoms with E-state index in [0.29, 0.717) is 34.3 Å². The van der Waals surface area contributed by atoms with E-state index in [0.717, 1.165) is 11.6 Å². The number of ether oxygens (including phenoxy) is 1. The van der Waals surface area contributed by atoms with Crippen LogP contribution < -0.4 is 19.8 Å². The number of halogens is 4. The molecule has 0 unspecified atom stereocenters. The summed E-state index contributed by atoms with van der Waals surface area (Å²) in [6, 6.07) is 24.8. The number of anilines is 1. The summed E-state index contributed by atoms with van der Waals surface area (Å²) in [5.74, 6) is -0.839. The Balaban J connectivity index is 1.39. The molecular formula is C31H26ClF3N4O5S. The van der Waals surface area contributed by atoms with E-state index >= 15 is 0 Å². The summed E-state index contributed by atoms with van der Waals surface area (Å²) in [5, 5.41) is 6.25. The van der Waals surface area contributed by atoms with E-state index in [2.05, 4.69) is 15.8 Å². The molecule has 9 nitrogen and oxygen atoms in total. The van der Waals surface area contributed by atoms with Gasteiger partial charge in [0, 0.05) is 6.54 Å². The Morgan fingerprint density at radius 3 is 2.18 bits per heavy atom. The lowest BCUT2D eigenvalue weighted by atomic mass is 10.2. The van der Waals surface area contributed by atoms with Gasteiger partial charge in [0.1, 0.15) is 12.3 Å². The van der Waals surface area contributed by atoms with Crippen LogP contribution >= 0.6 is 11.6 Å². The molecule has 4 aromatic carbocycles. The SMILES string of the molecule is O=C(COc1ccc(/C=N\NC(=O)CN(c2cc(C(F)(F)F)ccc2Cl)S(=O)(=O)c2ccccc2)cc1)NCc1ccccc1. The number of carbonyl (C=O) groups is 2. The number of benzene rings is 4. The van der Waals surface area contributed by atoms with E-state index in [4.69, 9.17) is 16.3 Å². The van der Waals surface area contributed by atoms with Crippen LogP contribution in [0.15, 0.2) is 113 Å². The van der Waals surface area contributed by atoms with Crippen molar-refractivity contribution in [2.45, 2.75) is 17.6 Å². The van der Waals surface area contributed by atoms with Gasteiger partial charge in [-0.2, -0.15) is 18.3 Å². The number of alkyl halides is 3. The van der Waals surface area contributed by atoms with Crippen molar-refractivity contribution in [3.05, 3.63) is 125 Å². The van der Waals surface area contributed by atoms with Crippen molar-refractivity contribution in [2.24, 2.45) is 5.10 Å². The second-order valence-electron chi connectivity index (χ2n) is 9.40. The molecule has 0 heterocycles. The maximum absolute atomic E-state index is 13.4. The molecule has 0 bridgehead atoms. The van der Waals surface area contributed by atoms with Gasteiger partial charge in [-0.1, -0.05) is 60.1 Å². The lowest BCUT2D eigenvalue weighted by molar-refractivity contribution is -0.137. The monoisotopic (exact) mass is 658 g/mol. The molecule has 0 aliphatic carbocycles. The van der Waals surface area contributed by atoms with Crippen LogP contribution in [0.4, 0.5) is 18.9 Å². The second kappa shape index (κ2) is 14.7. The third kappa shape index (κ3) is 9.30. The quantitative estimate of drug-likeness (QED) is 0.156. The molecule has 45 heavy (non-hydrogen) atoms. The third-order valence-corrected chi connectivity index (χ3v) is 8.24. The summed E-state index contributed by atoms with van der Waals surface area (Å²) in [5.41, 5.74) is 1.97. The highest BCUT2D eigenvalue weighted by Gasteiger charge is 2.34. The zero-order valence-corrected chi connectivity index (χ0v) is 24.9. The predicted molar refractivity (Wildman–Crippen MR) is 163 cm³/mol. The van der Waals surface area contributed by atoms with Crippen LogP contribution in [0.5, 0.6) is 5.75 Å². The molecule has 0 aromatic heterocycles. The maximum atomic E-state index is 13.4. The van der Waals surface area contributed by atoms with Crippen LogP contribution in [-0.4, -0.2) is 39.6 Å². The molecule has 0 spiro atoms. The topological polar surface area (TPSA) is 117 Å². The number of nitrogens with one attached hydrogen (secondary N) is 2. The number of nitrogens with zero attached hydrogens (tertiary/aromatic N) is 2. The van der Waals surface area contributed by atoms with Gasteiger partial charge >= 0.3 is 6.18 Å². The van der Waals surface area contributed by atoms with Crippen molar-refractivity contribution >= 4 is 45.3 Å². The second-order valence-corrected chi connectivity index (χ2v) is 11.7. The van der Waals surface area contributed by atoms with Gasteiger partial charge in [0.25, 0.3) is 21.8 Å². The summed E-state index contributed by atoms with van der Waals surface area (Å²) in [6.07, 6.45) is -3.52. The Labute approximate surface area is 262 Å². The van der Waals surface area contributed by atoms with Gasteiger partial charge < -0.3 is 10.1 Å². The average Bonchev–Trinajstić information content (AvgIpc) is 3.03. The number of hydrogen-bond acceptors (Lipinski definition) is 6. The molecule has 2 N–H and O–H groups in total. The Morgan fingerprint density at radius 2 is 1.53 bits per heavy atom. The van der Waals surface area contributed by atoms with Gasteiger partial charge in [-0.15, -0.1) is 0 Å². The van der Waals surface area contributed by atoms with Crippen molar-refractivity contribution in [3.63, 3.8) is 0 Å². The molecule has 0 aliphatic rings. The average molecular weight is 659 g/mol. The molecule has 0 aliphatic heterocycles. The van der Waals surface area contributed by atoms with E-state index in [1.807, 2.05) is 30.3 Å². The first-order valence-corrected chi connectivity index (χ1v) is 15.1. The Hall–Kier alpha value is -4.88. The van der Waals surface area contributed by atoms with Gasteiger partial charge in [0.2, 0.25) is 0 Å². The standard InChI is InChI=1S/C31H26ClF3N4O5S/c32-27-16-13-24(31(33,34)35)17-28(27)39(45(42,43)26-9-5-2-6-10-26)20-29(40)38-37-19-23-11-14-25(15-12-23)44-21-30(41)36-18-22-7-3-1-4-8-22/h1-17,19H,18,20-21H2,(H,36,41)(H,38,40)/b37-19-. The van der Waals surface area contributed by atoms with Crippen LogP contribution in [0.1, 0.15) is 16.7 Å². The normalized spacial score (nSPS) is 11.6. The fraction of sp³-hybridized carbons (Fsp3) is 0.129. The molecule has 0 fully saturated rings. The molecule has 0 atom stereocenters. The highest BCUT2D eigenvalue weighted by Crippen LogP contribution is 2.37. The molecule has 4 aromatic rings. The van der Waals surface area contributed by atoms with E-state index in [1.165, 1.54) is 30.5 Å². The first-order chi connectivity index (χ1) is 21.4. The summed E-state index contributed by atoms with van der Waals surface area (Å²) >= 11 is 6.13. The fourth-order valence-corrected chi connectivity index (χ4v) is 5.61. The lowest BCUT2D eigenvalue weighted by Crippen LogP contribution is -2.40. The van der Waals surface area contributed by atoms with Gasteiger partial charge in [-0.05, 0) is 65.7 Å². The zero-order valence-electron chi connectivity index (χ0n) is 23.4. The minimum absolute atomic E-state index is 0.200. The summed E-state index contributed by atoms with van der Waals surface area (Å²) in [4.78, 5) is 24.6. The molecule has 0 radical (unpaired) electrons. The van der Waals surface area contributed by atoms with Crippen molar-refractivity contribution in [1.29, 1.82) is 0 Å². The van der Waals surface area contributed by atoms with Gasteiger partial charge in [-0.25, -0.2) is 13.8 Å². The number of sulfonamides is 1. The van der Waals surface area contributed by atoms with Crippen LogP contribution in [-0.2, 0) is 32.3 Å². The van der Waals surface area contributed by atoms with Crippen molar-refractivity contribution in [3.8, 4) is 5.75 Å². The summed E-state index contributed by atoms with van der Waals surface area (Å²) in [6.45, 7) is -0.754. The van der Waals surface area contributed by atoms with Crippen LogP contribution in [0, 0.1) is 0 Å². The first-order valence-electron chi connectivity index (χ1n) is 13.2. The third-order valence-electron chi connectivity index (χ3n) is 6.15. The molecular weight excluding hydrogens is 633 g/mol. The highest BCUT2D eigenvalue weighted by atomic mass is 35.5. The van der Waals surface area contributed by atoms with Crippen molar-refractivity contribution in [1.82, 2.24) is 10.7 Å². The van der Waals surface area contributed by atoms with E-state index < -0.39 is 39.9 Å². The van der Waals surface area contributed by atoms with Crippen molar-refractivity contribution < 1.29 is 35.9 Å². The molecule has 14 heteroatoms. The maximum Gasteiger partial charge on any atom is 0.416 e. The smallest absolute Gasteiger partial charge is 0.416 e. The van der Waals surface area contributed by atoms with Crippen LogP contribution in [0.25, 0.3) is 0 Å². The molecule has 2 amide bonds. The molecule has 234 valence electrons. The van der Waals surface area contributed by atoms with Gasteiger partial charge in [0.05, 0.1) is 27.4 Å². The Kier molecular flexibility index (Phi) is 10.8. The molecule has 4 rings (SSSR count). The van der Waals surface area contributed by atoms with E-state index in [1.54, 1.807) is 30.3 Å². The largest absolute Gasteiger partial charge is 0.484 e. The van der Waals surface area contributed by atoms with Crippen LogP contribution in [0.3, 0.4) is 0 Å². The van der Waals surface area contributed by atoms with E-state index in [-0.39, 0.29) is 22.4 Å². The minimum atomic E-state index is -4.79. The Bertz CT molecular complexity index is 1760. The first kappa shape index (κ1) is 33.0. The number of carbonyl (C=O) groups excluding carboxylic acids is 2. The van der Waals surface area contributed by atoms with Gasteiger partial charge in [0.15, 0.2) is 6.61 Å². The summed E-state index contributed by atoms with van der Waals surface area (Å²) in [7, 11) is -4.52. The number of rotatable bonds is 12. The van der Waals surface area contributed by atoms with Gasteiger partial charge in [-0.3, -0.25) is 13.9 Å². The fourth-order valence-electron chi connectivity index (χ4n) is 3.89. The Morgan fingerprint density at radius 1 is 0.889 bits per heavy atom. The lowest BCUT2D eigenvalue weighted by Gasteiger charge is -2.25. The number of hydrogen-bond donors (Lipinski definition) is 2. The molecule has 0 saturated heterocycles. The predicted octanol–water partition coefficient (Wildman–Crippen LogP) is 5.40. The van der Waals surface area contributed by atoms with Crippen molar-refractivity contribution in [2.75, 3.05) is 17.5 Å². The summed E-state index contributed by atoms with van der Waals surface area (Å²) < 4.78 is 73.1.